The number of amides is 3. The third-order valence-electron chi connectivity index (χ3n) is 4.20. The van der Waals surface area contributed by atoms with E-state index in [1.165, 1.54) is 0 Å². The number of ether oxygens (including phenoxy) is 1. The monoisotopic (exact) mass is 333 g/mol. The van der Waals surface area contributed by atoms with E-state index in [9.17, 15) is 9.59 Å². The largest absolute Gasteiger partial charge is 0.497 e. The van der Waals surface area contributed by atoms with Crippen LogP contribution in [0, 0.1) is 0 Å². The molecule has 2 rings (SSSR count). The second-order valence-electron chi connectivity index (χ2n) is 6.09. The van der Waals surface area contributed by atoms with E-state index in [1.54, 1.807) is 7.11 Å². The summed E-state index contributed by atoms with van der Waals surface area (Å²) in [5.41, 5.74) is 0.963. The van der Waals surface area contributed by atoms with Crippen molar-refractivity contribution >= 4 is 11.9 Å². The minimum Gasteiger partial charge on any atom is -0.497 e. The summed E-state index contributed by atoms with van der Waals surface area (Å²) in [4.78, 5) is 25.9. The molecule has 0 atom stereocenters. The first-order valence-electron chi connectivity index (χ1n) is 8.57. The van der Waals surface area contributed by atoms with Crippen LogP contribution in [0.1, 0.15) is 31.7 Å². The van der Waals surface area contributed by atoms with Crippen LogP contribution in [0.25, 0.3) is 0 Å². The zero-order chi connectivity index (χ0) is 17.4. The van der Waals surface area contributed by atoms with Crippen LogP contribution in [0.15, 0.2) is 24.3 Å². The van der Waals surface area contributed by atoms with Crippen molar-refractivity contribution in [1.82, 2.24) is 15.5 Å². The van der Waals surface area contributed by atoms with Gasteiger partial charge in [0.05, 0.1) is 13.5 Å². The van der Waals surface area contributed by atoms with Crippen molar-refractivity contribution < 1.29 is 14.3 Å². The van der Waals surface area contributed by atoms with Gasteiger partial charge in [-0.1, -0.05) is 19.1 Å². The molecular formula is C18H27N3O3. The zero-order valence-electron chi connectivity index (χ0n) is 14.5. The normalized spacial score (nSPS) is 15.0. The molecule has 2 N–H and O–H groups in total. The highest BCUT2D eigenvalue weighted by molar-refractivity contribution is 5.79. The Labute approximate surface area is 143 Å². The Bertz CT molecular complexity index is 537. The second-order valence-corrected chi connectivity index (χ2v) is 6.09. The van der Waals surface area contributed by atoms with Crippen LogP contribution in [0.3, 0.4) is 0 Å². The molecule has 24 heavy (non-hydrogen) atoms. The van der Waals surface area contributed by atoms with E-state index in [0.717, 1.165) is 30.6 Å². The van der Waals surface area contributed by atoms with Crippen molar-refractivity contribution in [3.8, 4) is 5.75 Å². The highest BCUT2D eigenvalue weighted by Gasteiger charge is 2.23. The number of nitrogens with zero attached hydrogens (tertiary/aromatic N) is 1. The fourth-order valence-electron chi connectivity index (χ4n) is 2.78. The molecule has 1 aliphatic heterocycles. The summed E-state index contributed by atoms with van der Waals surface area (Å²) in [5.74, 6) is 0.807. The van der Waals surface area contributed by atoms with Gasteiger partial charge in [-0.25, -0.2) is 4.79 Å². The highest BCUT2D eigenvalue weighted by atomic mass is 16.5. The fourth-order valence-corrected chi connectivity index (χ4v) is 2.78. The molecule has 0 unspecified atom stereocenters. The molecule has 0 spiro atoms. The summed E-state index contributed by atoms with van der Waals surface area (Å²) in [5, 5.41) is 5.96. The van der Waals surface area contributed by atoms with Gasteiger partial charge >= 0.3 is 6.03 Å². The third kappa shape index (κ3) is 5.44. The molecular weight excluding hydrogens is 306 g/mol. The molecule has 1 aliphatic rings. The Kier molecular flexibility index (Phi) is 6.90. The summed E-state index contributed by atoms with van der Waals surface area (Å²) in [6.45, 7) is 4.11. The molecule has 0 saturated carbocycles. The molecule has 0 aromatic heterocycles. The van der Waals surface area contributed by atoms with Crippen molar-refractivity contribution in [1.29, 1.82) is 0 Å². The van der Waals surface area contributed by atoms with Gasteiger partial charge in [0.2, 0.25) is 5.91 Å². The van der Waals surface area contributed by atoms with Crippen LogP contribution in [0.2, 0.25) is 0 Å². The van der Waals surface area contributed by atoms with E-state index < -0.39 is 0 Å². The van der Waals surface area contributed by atoms with Gasteiger partial charge in [0.1, 0.15) is 5.75 Å². The van der Waals surface area contributed by atoms with Gasteiger partial charge in [-0.15, -0.1) is 0 Å². The van der Waals surface area contributed by atoms with Crippen LogP contribution in [-0.2, 0) is 11.2 Å². The summed E-state index contributed by atoms with van der Waals surface area (Å²) < 4.78 is 5.11. The number of hydrogen-bond donors (Lipinski definition) is 2. The van der Waals surface area contributed by atoms with Gasteiger partial charge < -0.3 is 20.3 Å². The maximum absolute atomic E-state index is 12.2. The van der Waals surface area contributed by atoms with Crippen LogP contribution >= 0.6 is 0 Å². The number of carbonyl (C=O) groups excluding carboxylic acids is 2. The first-order chi connectivity index (χ1) is 11.6. The molecule has 6 nitrogen and oxygen atoms in total. The quantitative estimate of drug-likeness (QED) is 0.836. The second kappa shape index (κ2) is 9.15. The Hall–Kier alpha value is -2.24. The van der Waals surface area contributed by atoms with Crippen molar-refractivity contribution in [2.24, 2.45) is 0 Å². The first-order valence-corrected chi connectivity index (χ1v) is 8.57. The topological polar surface area (TPSA) is 70.7 Å². The Morgan fingerprint density at radius 1 is 1.21 bits per heavy atom. The van der Waals surface area contributed by atoms with Gasteiger partial charge in [0.15, 0.2) is 0 Å². The van der Waals surface area contributed by atoms with Gasteiger partial charge in [-0.2, -0.15) is 0 Å². The van der Waals surface area contributed by atoms with Crippen molar-refractivity contribution in [3.63, 3.8) is 0 Å². The number of rotatable bonds is 6. The zero-order valence-corrected chi connectivity index (χ0v) is 14.5. The number of methoxy groups -OCH3 is 1. The number of urea groups is 1. The SMILES string of the molecule is CCCNC(=O)N1CCC(NC(=O)Cc2ccc(OC)cc2)CC1. The number of likely N-dealkylation sites (tertiary alicyclic amines) is 1. The van der Waals surface area contributed by atoms with Crippen LogP contribution < -0.4 is 15.4 Å². The van der Waals surface area contributed by atoms with Crippen molar-refractivity contribution in [3.05, 3.63) is 29.8 Å². The Morgan fingerprint density at radius 2 is 1.88 bits per heavy atom. The predicted molar refractivity (Wildman–Crippen MR) is 93.1 cm³/mol. The predicted octanol–water partition coefficient (Wildman–Crippen LogP) is 1.94. The molecule has 0 bridgehead atoms. The van der Waals surface area contributed by atoms with E-state index >= 15 is 0 Å². The van der Waals surface area contributed by atoms with E-state index in [4.69, 9.17) is 4.74 Å². The summed E-state index contributed by atoms with van der Waals surface area (Å²) in [6.07, 6.45) is 2.90. The fraction of sp³-hybridized carbons (Fsp3) is 0.556. The summed E-state index contributed by atoms with van der Waals surface area (Å²) in [6, 6.07) is 7.66. The van der Waals surface area contributed by atoms with Gasteiger partial charge in [0.25, 0.3) is 0 Å². The molecule has 0 radical (unpaired) electrons. The van der Waals surface area contributed by atoms with E-state index in [-0.39, 0.29) is 18.0 Å². The Morgan fingerprint density at radius 3 is 2.46 bits per heavy atom. The van der Waals surface area contributed by atoms with Crippen LogP contribution in [0.5, 0.6) is 5.75 Å². The minimum absolute atomic E-state index is 0.000130. The lowest BCUT2D eigenvalue weighted by molar-refractivity contribution is -0.121. The lowest BCUT2D eigenvalue weighted by Gasteiger charge is -2.32. The van der Waals surface area contributed by atoms with Gasteiger partial charge in [-0.05, 0) is 37.0 Å². The lowest BCUT2D eigenvalue weighted by Crippen LogP contribution is -2.49. The average Bonchev–Trinajstić information content (AvgIpc) is 2.61. The molecule has 3 amide bonds. The highest BCUT2D eigenvalue weighted by Crippen LogP contribution is 2.13. The van der Waals surface area contributed by atoms with E-state index in [1.807, 2.05) is 36.1 Å². The maximum Gasteiger partial charge on any atom is 0.317 e. The van der Waals surface area contributed by atoms with Gasteiger partial charge in [0, 0.05) is 25.7 Å². The molecule has 132 valence electrons. The van der Waals surface area contributed by atoms with E-state index in [2.05, 4.69) is 10.6 Å². The molecule has 1 saturated heterocycles. The number of piperidine rings is 1. The molecule has 1 aromatic carbocycles. The third-order valence-corrected chi connectivity index (χ3v) is 4.20. The maximum atomic E-state index is 12.2. The Balaban J connectivity index is 1.72. The standard InChI is InChI=1S/C18H27N3O3/c1-3-10-19-18(23)21-11-8-15(9-12-21)20-17(22)13-14-4-6-16(24-2)7-5-14/h4-7,15H,3,8-13H2,1-2H3,(H,19,23)(H,20,22). The van der Waals surface area contributed by atoms with Crippen LogP contribution in [0.4, 0.5) is 4.79 Å². The summed E-state index contributed by atoms with van der Waals surface area (Å²) in [7, 11) is 1.62. The minimum atomic E-state index is -0.000130. The number of hydrogen-bond acceptors (Lipinski definition) is 3. The number of carbonyl (C=O) groups is 2. The van der Waals surface area contributed by atoms with Crippen molar-refractivity contribution in [2.75, 3.05) is 26.7 Å². The van der Waals surface area contributed by atoms with Gasteiger partial charge in [-0.3, -0.25) is 4.79 Å². The molecule has 0 aliphatic carbocycles. The molecule has 6 heteroatoms. The number of nitrogens with one attached hydrogen (secondary N) is 2. The number of benzene rings is 1. The molecule has 1 fully saturated rings. The lowest BCUT2D eigenvalue weighted by atomic mass is 10.0. The average molecular weight is 333 g/mol. The van der Waals surface area contributed by atoms with E-state index in [0.29, 0.717) is 26.1 Å². The smallest absolute Gasteiger partial charge is 0.317 e. The molecule has 1 aromatic rings. The first kappa shape index (κ1) is 18.1. The summed E-state index contributed by atoms with van der Waals surface area (Å²) >= 11 is 0. The molecule has 1 heterocycles. The van der Waals surface area contributed by atoms with Crippen molar-refractivity contribution in [2.45, 2.75) is 38.6 Å². The van der Waals surface area contributed by atoms with Crippen LogP contribution in [-0.4, -0.2) is 49.6 Å².